The first kappa shape index (κ1) is 16.8. The van der Waals surface area contributed by atoms with Crippen LogP contribution in [0.2, 0.25) is 0 Å². The molecule has 1 N–H and O–H groups in total. The van der Waals surface area contributed by atoms with Gasteiger partial charge in [0.25, 0.3) is 10.1 Å². The third-order valence-corrected chi connectivity index (χ3v) is 5.05. The van der Waals surface area contributed by atoms with Crippen molar-refractivity contribution in [3.63, 3.8) is 0 Å². The molecule has 0 bridgehead atoms. The topological polar surface area (TPSA) is 80.7 Å². The Hall–Kier alpha value is -1.54. The number of rotatable bonds is 7. The highest BCUT2D eigenvalue weighted by molar-refractivity contribution is 7.86. The van der Waals surface area contributed by atoms with Crippen molar-refractivity contribution in [2.45, 2.75) is 36.5 Å². The summed E-state index contributed by atoms with van der Waals surface area (Å²) in [7, 11) is -4.09. The largest absolute Gasteiger partial charge is 0.481 e. The van der Waals surface area contributed by atoms with Crippen LogP contribution in [0.4, 0.5) is 8.78 Å². The van der Waals surface area contributed by atoms with Gasteiger partial charge in [-0.3, -0.25) is 8.98 Å². The minimum Gasteiger partial charge on any atom is -0.481 e. The average molecular weight is 334 g/mol. The Labute approximate surface area is 127 Å². The highest BCUT2D eigenvalue weighted by Gasteiger charge is 2.67. The number of aryl methyl sites for hydroxylation is 1. The fourth-order valence-corrected chi connectivity index (χ4v) is 3.15. The molecule has 1 aliphatic carbocycles. The summed E-state index contributed by atoms with van der Waals surface area (Å²) in [5.41, 5.74) is -1.46. The Morgan fingerprint density at radius 3 is 2.50 bits per heavy atom. The van der Waals surface area contributed by atoms with E-state index in [4.69, 9.17) is 9.29 Å². The van der Waals surface area contributed by atoms with Gasteiger partial charge in [-0.25, -0.2) is 8.78 Å². The van der Waals surface area contributed by atoms with Gasteiger partial charge in [-0.1, -0.05) is 17.7 Å². The summed E-state index contributed by atoms with van der Waals surface area (Å²) in [5.74, 6) is -2.49. The van der Waals surface area contributed by atoms with E-state index in [2.05, 4.69) is 0 Å². The first-order valence-electron chi connectivity index (χ1n) is 6.68. The lowest BCUT2D eigenvalue weighted by Crippen LogP contribution is -2.14. The van der Waals surface area contributed by atoms with Gasteiger partial charge >= 0.3 is 5.97 Å². The molecule has 0 spiro atoms. The number of hydrogen-bond donors (Lipinski definition) is 1. The Kier molecular flexibility index (Phi) is 4.53. The lowest BCUT2D eigenvalue weighted by molar-refractivity contribution is -0.137. The van der Waals surface area contributed by atoms with E-state index in [0.29, 0.717) is 0 Å². The highest BCUT2D eigenvalue weighted by atomic mass is 32.2. The van der Waals surface area contributed by atoms with Gasteiger partial charge in [0.1, 0.15) is 6.17 Å². The van der Waals surface area contributed by atoms with Crippen molar-refractivity contribution < 1.29 is 31.3 Å². The maximum absolute atomic E-state index is 14.0. The molecule has 0 saturated heterocycles. The second-order valence-electron chi connectivity index (χ2n) is 5.38. The number of carbonyl (C=O) groups is 1. The summed E-state index contributed by atoms with van der Waals surface area (Å²) in [5, 5.41) is 8.49. The zero-order valence-electron chi connectivity index (χ0n) is 11.8. The lowest BCUT2D eigenvalue weighted by atomic mass is 10.1. The van der Waals surface area contributed by atoms with Crippen molar-refractivity contribution in [1.82, 2.24) is 0 Å². The predicted molar refractivity (Wildman–Crippen MR) is 73.4 cm³/mol. The summed E-state index contributed by atoms with van der Waals surface area (Å²) in [6.45, 7) is 1.14. The maximum Gasteiger partial charge on any atom is 0.303 e. The molecule has 1 aliphatic rings. The van der Waals surface area contributed by atoms with Gasteiger partial charge in [0.15, 0.2) is 5.67 Å². The van der Waals surface area contributed by atoms with Crippen molar-refractivity contribution in [3.8, 4) is 0 Å². The van der Waals surface area contributed by atoms with Crippen LogP contribution in [0.1, 0.15) is 18.4 Å². The van der Waals surface area contributed by atoms with Crippen LogP contribution < -0.4 is 0 Å². The quantitative estimate of drug-likeness (QED) is 0.774. The second-order valence-corrected chi connectivity index (χ2v) is 7.00. The van der Waals surface area contributed by atoms with Gasteiger partial charge in [-0.05, 0) is 25.5 Å². The molecule has 22 heavy (non-hydrogen) atoms. The number of aliphatic carboxylic acids is 1. The molecule has 5 nitrogen and oxygen atoms in total. The number of carboxylic acids is 1. The van der Waals surface area contributed by atoms with Crippen molar-refractivity contribution in [1.29, 1.82) is 0 Å². The number of halogens is 2. The van der Waals surface area contributed by atoms with Gasteiger partial charge in [0.2, 0.25) is 0 Å². The van der Waals surface area contributed by atoms with Gasteiger partial charge in [-0.15, -0.1) is 0 Å². The first-order chi connectivity index (χ1) is 10.2. The zero-order valence-corrected chi connectivity index (χ0v) is 12.6. The Balaban J connectivity index is 1.95. The summed E-state index contributed by atoms with van der Waals surface area (Å²) < 4.78 is 56.0. The number of carboxylic acid groups (broad SMARTS) is 1. The van der Waals surface area contributed by atoms with Crippen LogP contribution in [0.3, 0.4) is 0 Å². The van der Waals surface area contributed by atoms with Crippen molar-refractivity contribution in [2.24, 2.45) is 5.92 Å². The predicted octanol–water partition coefficient (Wildman–Crippen LogP) is 2.24. The van der Waals surface area contributed by atoms with Crippen molar-refractivity contribution >= 4 is 16.1 Å². The number of hydrogen-bond acceptors (Lipinski definition) is 4. The molecule has 0 heterocycles. The van der Waals surface area contributed by atoms with Gasteiger partial charge in [-0.2, -0.15) is 8.42 Å². The van der Waals surface area contributed by atoms with E-state index in [1.54, 1.807) is 19.1 Å². The van der Waals surface area contributed by atoms with Gasteiger partial charge in [0.05, 0.1) is 17.4 Å². The molecule has 3 atom stereocenters. The van der Waals surface area contributed by atoms with Gasteiger partial charge < -0.3 is 5.11 Å². The number of benzene rings is 1. The van der Waals surface area contributed by atoms with E-state index in [1.807, 2.05) is 0 Å². The van der Waals surface area contributed by atoms with Crippen LogP contribution in [0.25, 0.3) is 0 Å². The summed E-state index contributed by atoms with van der Waals surface area (Å²) >= 11 is 0. The molecule has 122 valence electrons. The molecule has 0 radical (unpaired) electrons. The first-order valence-corrected chi connectivity index (χ1v) is 8.08. The van der Waals surface area contributed by atoms with E-state index >= 15 is 0 Å². The molecular weight excluding hydrogens is 318 g/mol. The van der Waals surface area contributed by atoms with Crippen LogP contribution in [-0.2, 0) is 19.1 Å². The molecule has 1 aromatic rings. The van der Waals surface area contributed by atoms with Crippen molar-refractivity contribution in [2.75, 3.05) is 6.61 Å². The third kappa shape index (κ3) is 3.44. The van der Waals surface area contributed by atoms with E-state index in [0.717, 1.165) is 5.56 Å². The summed E-state index contributed by atoms with van der Waals surface area (Å²) in [6.07, 6.45) is -2.92. The van der Waals surface area contributed by atoms with Crippen LogP contribution in [0, 0.1) is 12.8 Å². The summed E-state index contributed by atoms with van der Waals surface area (Å²) in [4.78, 5) is 10.3. The normalized spacial score (nSPS) is 27.6. The zero-order chi connectivity index (χ0) is 16.5. The monoisotopic (exact) mass is 334 g/mol. The van der Waals surface area contributed by atoms with Crippen LogP contribution in [-0.4, -0.2) is 37.9 Å². The molecule has 1 saturated carbocycles. The summed E-state index contributed by atoms with van der Waals surface area (Å²) in [6, 6.07) is 5.85. The van der Waals surface area contributed by atoms with E-state index < -0.39 is 53.3 Å². The van der Waals surface area contributed by atoms with Crippen LogP contribution >= 0.6 is 0 Å². The molecule has 3 unspecified atom stereocenters. The van der Waals surface area contributed by atoms with E-state index in [9.17, 15) is 22.0 Å². The second kappa shape index (κ2) is 5.92. The Bertz CT molecular complexity index is 658. The molecular formula is C14H16F2O5S. The lowest BCUT2D eigenvalue weighted by Gasteiger charge is -2.07. The Morgan fingerprint density at radius 2 is 1.95 bits per heavy atom. The van der Waals surface area contributed by atoms with Crippen molar-refractivity contribution in [3.05, 3.63) is 29.8 Å². The fourth-order valence-electron chi connectivity index (χ4n) is 2.22. The van der Waals surface area contributed by atoms with Crippen LogP contribution in [0.15, 0.2) is 29.2 Å². The maximum atomic E-state index is 14.0. The smallest absolute Gasteiger partial charge is 0.303 e. The molecule has 1 fully saturated rings. The standard InChI is InChI=1S/C14H16F2O5S/c1-9-2-4-10(5-3-9)22(19,20)21-8-11-13(15)14(11,16)7-6-12(17)18/h2-5,11,13H,6-8H2,1H3,(H,17,18). The molecule has 0 aliphatic heterocycles. The molecule has 0 aromatic heterocycles. The minimum absolute atomic E-state index is 0.0934. The van der Waals surface area contributed by atoms with Crippen LogP contribution in [0.5, 0.6) is 0 Å². The van der Waals surface area contributed by atoms with E-state index in [1.165, 1.54) is 12.1 Å². The molecule has 1 aromatic carbocycles. The SMILES string of the molecule is Cc1ccc(S(=O)(=O)OCC2C(F)C2(F)CCC(=O)O)cc1. The highest BCUT2D eigenvalue weighted by Crippen LogP contribution is 2.53. The molecule has 0 amide bonds. The fraction of sp³-hybridized carbons (Fsp3) is 0.500. The minimum atomic E-state index is -4.09. The van der Waals surface area contributed by atoms with Gasteiger partial charge in [0, 0.05) is 6.42 Å². The third-order valence-electron chi connectivity index (χ3n) is 3.75. The Morgan fingerprint density at radius 1 is 1.36 bits per heavy atom. The number of alkyl halides is 2. The van der Waals surface area contributed by atoms with E-state index in [-0.39, 0.29) is 4.90 Å². The molecule has 8 heteroatoms. The molecule has 2 rings (SSSR count). The average Bonchev–Trinajstić information content (AvgIpc) is 2.96.